The summed E-state index contributed by atoms with van der Waals surface area (Å²) in [5.41, 5.74) is 9.92. The molecule has 1 aromatic heterocycles. The van der Waals surface area contributed by atoms with E-state index in [2.05, 4.69) is 18.9 Å². The van der Waals surface area contributed by atoms with Crippen LogP contribution in [0.2, 0.25) is 0 Å². The van der Waals surface area contributed by atoms with Crippen LogP contribution in [0.15, 0.2) is 18.2 Å². The van der Waals surface area contributed by atoms with E-state index in [1.807, 2.05) is 30.7 Å². The fraction of sp³-hybridized carbons (Fsp3) is 0.389. The van der Waals surface area contributed by atoms with E-state index in [0.29, 0.717) is 12.0 Å². The third-order valence-electron chi connectivity index (χ3n) is 4.44. The molecule has 0 spiro atoms. The lowest BCUT2D eigenvalue weighted by molar-refractivity contribution is 0.0909. The number of hydrogen-bond acceptors (Lipinski definition) is 3. The minimum atomic E-state index is -0.441. The molecule has 120 valence electrons. The molecule has 23 heavy (non-hydrogen) atoms. The number of primary amides is 1. The van der Waals surface area contributed by atoms with Crippen LogP contribution in [0.4, 0.5) is 0 Å². The minimum Gasteiger partial charge on any atom is -0.366 e. The zero-order chi connectivity index (χ0) is 16.9. The van der Waals surface area contributed by atoms with Crippen LogP contribution in [0.1, 0.15) is 57.9 Å². The molecule has 0 atom stereocenters. The summed E-state index contributed by atoms with van der Waals surface area (Å²) in [6.45, 7) is 7.92. The average molecular weight is 311 g/mol. The molecule has 1 aliphatic carbocycles. The molecule has 0 aliphatic heterocycles. The summed E-state index contributed by atoms with van der Waals surface area (Å²) in [5, 5.41) is 4.57. The van der Waals surface area contributed by atoms with Crippen LogP contribution in [-0.2, 0) is 6.42 Å². The molecule has 0 fully saturated rings. The Morgan fingerprint density at radius 3 is 2.57 bits per heavy atom. The van der Waals surface area contributed by atoms with Crippen molar-refractivity contribution in [1.82, 2.24) is 9.78 Å². The molecule has 2 N–H and O–H groups in total. The average Bonchev–Trinajstić information content (AvgIpc) is 2.73. The Balaban J connectivity index is 2.16. The number of nitrogens with zero attached hydrogens (tertiary/aromatic N) is 2. The monoisotopic (exact) mass is 311 g/mol. The van der Waals surface area contributed by atoms with Crippen molar-refractivity contribution in [3.8, 4) is 5.69 Å². The molecule has 1 aliphatic rings. The number of ketones is 1. The van der Waals surface area contributed by atoms with Gasteiger partial charge in [0.05, 0.1) is 22.6 Å². The van der Waals surface area contributed by atoms with Gasteiger partial charge in [0.25, 0.3) is 0 Å². The molecule has 5 nitrogen and oxygen atoms in total. The normalized spacial score (nSPS) is 16.3. The molecule has 3 rings (SSSR count). The van der Waals surface area contributed by atoms with Crippen molar-refractivity contribution in [2.24, 2.45) is 11.1 Å². The fourth-order valence-corrected chi connectivity index (χ4v) is 3.41. The number of fused-ring (bicyclic) bond motifs is 1. The van der Waals surface area contributed by atoms with Crippen molar-refractivity contribution in [2.45, 2.75) is 40.5 Å². The van der Waals surface area contributed by atoms with Crippen LogP contribution in [0.25, 0.3) is 5.69 Å². The summed E-state index contributed by atoms with van der Waals surface area (Å²) in [6.07, 6.45) is 1.34. The molecule has 2 aromatic rings. The first-order valence-electron chi connectivity index (χ1n) is 7.72. The number of benzene rings is 1. The van der Waals surface area contributed by atoms with Gasteiger partial charge in [0.2, 0.25) is 5.91 Å². The number of carbonyl (C=O) groups is 2. The van der Waals surface area contributed by atoms with Crippen LogP contribution in [0, 0.1) is 19.3 Å². The molecule has 0 saturated carbocycles. The third kappa shape index (κ3) is 2.56. The van der Waals surface area contributed by atoms with E-state index in [-0.39, 0.29) is 11.2 Å². The van der Waals surface area contributed by atoms with Crippen LogP contribution >= 0.6 is 0 Å². The van der Waals surface area contributed by atoms with Gasteiger partial charge in [-0.05, 0) is 49.4 Å². The third-order valence-corrected chi connectivity index (χ3v) is 4.44. The van der Waals surface area contributed by atoms with Crippen LogP contribution in [0.5, 0.6) is 0 Å². The number of Topliss-reactive ketones (excluding diaryl/α,β-unsaturated/α-hetero) is 1. The van der Waals surface area contributed by atoms with E-state index < -0.39 is 5.91 Å². The molecule has 1 amide bonds. The highest BCUT2D eigenvalue weighted by Gasteiger charge is 2.35. The first kappa shape index (κ1) is 15.5. The van der Waals surface area contributed by atoms with Crippen molar-refractivity contribution in [2.75, 3.05) is 0 Å². The largest absolute Gasteiger partial charge is 0.366 e. The van der Waals surface area contributed by atoms with Gasteiger partial charge >= 0.3 is 0 Å². The van der Waals surface area contributed by atoms with Gasteiger partial charge in [-0.25, -0.2) is 4.68 Å². The lowest BCUT2D eigenvalue weighted by atomic mass is 9.75. The minimum absolute atomic E-state index is 0.0729. The molecule has 1 aromatic carbocycles. The van der Waals surface area contributed by atoms with Gasteiger partial charge in [-0.3, -0.25) is 9.59 Å². The van der Waals surface area contributed by atoms with E-state index in [1.165, 1.54) is 0 Å². The summed E-state index contributed by atoms with van der Waals surface area (Å²) in [6, 6.07) is 5.43. The first-order valence-corrected chi connectivity index (χ1v) is 7.72. The maximum absolute atomic E-state index is 12.5. The van der Waals surface area contributed by atoms with E-state index in [9.17, 15) is 9.59 Å². The standard InChI is InChI=1S/C18H21N3O2/c1-10-7-12(5-6-13(10)17(19)23)21-14-8-18(3,4)9-15(22)16(14)11(2)20-21/h5-7H,8-9H2,1-4H3,(H2,19,23). The summed E-state index contributed by atoms with van der Waals surface area (Å²) < 4.78 is 1.83. The Bertz CT molecular complexity index is 831. The van der Waals surface area contributed by atoms with Gasteiger partial charge in [0.15, 0.2) is 5.78 Å². The topological polar surface area (TPSA) is 78.0 Å². The molecule has 1 heterocycles. The highest BCUT2D eigenvalue weighted by Crippen LogP contribution is 2.37. The van der Waals surface area contributed by atoms with Crippen molar-refractivity contribution in [3.05, 3.63) is 46.3 Å². The molecule has 0 radical (unpaired) electrons. The zero-order valence-corrected chi connectivity index (χ0v) is 13.9. The van der Waals surface area contributed by atoms with Crippen LogP contribution < -0.4 is 5.73 Å². The number of nitrogens with two attached hydrogens (primary N) is 1. The van der Waals surface area contributed by atoms with Crippen molar-refractivity contribution in [3.63, 3.8) is 0 Å². The number of aromatic nitrogens is 2. The summed E-state index contributed by atoms with van der Waals surface area (Å²) in [7, 11) is 0. The number of carbonyl (C=O) groups excluding carboxylic acids is 2. The zero-order valence-electron chi connectivity index (χ0n) is 13.9. The second-order valence-electron chi connectivity index (χ2n) is 7.12. The SMILES string of the molecule is Cc1cc(-n2nc(C)c3c2CC(C)(C)CC3=O)ccc1C(N)=O. The summed E-state index contributed by atoms with van der Waals surface area (Å²) in [5.74, 6) is -0.283. The molecule has 0 saturated heterocycles. The Morgan fingerprint density at radius 1 is 1.26 bits per heavy atom. The molecule has 5 heteroatoms. The van der Waals surface area contributed by atoms with Gasteiger partial charge in [-0.15, -0.1) is 0 Å². The second kappa shape index (κ2) is 5.05. The number of hydrogen-bond donors (Lipinski definition) is 1. The van der Waals surface area contributed by atoms with E-state index in [4.69, 9.17) is 5.73 Å². The fourth-order valence-electron chi connectivity index (χ4n) is 3.41. The van der Waals surface area contributed by atoms with Crippen molar-refractivity contribution in [1.29, 1.82) is 0 Å². The summed E-state index contributed by atoms with van der Waals surface area (Å²) >= 11 is 0. The lowest BCUT2D eigenvalue weighted by Crippen LogP contribution is -2.28. The van der Waals surface area contributed by atoms with E-state index in [0.717, 1.165) is 34.6 Å². The van der Waals surface area contributed by atoms with Gasteiger partial charge in [-0.2, -0.15) is 5.10 Å². The molecule has 0 bridgehead atoms. The van der Waals surface area contributed by atoms with Gasteiger partial charge in [-0.1, -0.05) is 13.8 Å². The second-order valence-corrected chi connectivity index (χ2v) is 7.12. The van der Waals surface area contributed by atoms with E-state index >= 15 is 0 Å². The van der Waals surface area contributed by atoms with Crippen molar-refractivity contribution >= 4 is 11.7 Å². The van der Waals surface area contributed by atoms with Gasteiger partial charge in [0.1, 0.15) is 0 Å². The Kier molecular flexibility index (Phi) is 3.39. The predicted octanol–water partition coefficient (Wildman–Crippen LogP) is 2.74. The van der Waals surface area contributed by atoms with Crippen LogP contribution in [-0.4, -0.2) is 21.5 Å². The van der Waals surface area contributed by atoms with Crippen LogP contribution in [0.3, 0.4) is 0 Å². The Morgan fingerprint density at radius 2 is 1.96 bits per heavy atom. The number of aryl methyl sites for hydroxylation is 2. The molecular weight excluding hydrogens is 290 g/mol. The Labute approximate surface area is 135 Å². The van der Waals surface area contributed by atoms with Gasteiger partial charge in [0, 0.05) is 12.0 Å². The molecule has 0 unspecified atom stereocenters. The van der Waals surface area contributed by atoms with Crippen molar-refractivity contribution < 1.29 is 9.59 Å². The van der Waals surface area contributed by atoms with E-state index in [1.54, 1.807) is 6.07 Å². The first-order chi connectivity index (χ1) is 10.7. The lowest BCUT2D eigenvalue weighted by Gasteiger charge is -2.29. The smallest absolute Gasteiger partial charge is 0.248 e. The highest BCUT2D eigenvalue weighted by atomic mass is 16.1. The highest BCUT2D eigenvalue weighted by molar-refractivity contribution is 6.00. The Hall–Kier alpha value is -2.43. The van der Waals surface area contributed by atoms with Gasteiger partial charge < -0.3 is 5.73 Å². The quantitative estimate of drug-likeness (QED) is 0.926. The summed E-state index contributed by atoms with van der Waals surface area (Å²) in [4.78, 5) is 23.9. The maximum Gasteiger partial charge on any atom is 0.248 e. The number of amides is 1. The predicted molar refractivity (Wildman–Crippen MR) is 88.0 cm³/mol. The molecular formula is C18H21N3O2. The maximum atomic E-state index is 12.5. The number of rotatable bonds is 2.